The highest BCUT2D eigenvalue weighted by Gasteiger charge is 2.17. The van der Waals surface area contributed by atoms with Gasteiger partial charge in [-0.25, -0.2) is 0 Å². The summed E-state index contributed by atoms with van der Waals surface area (Å²) < 4.78 is 0. The molecule has 0 spiro atoms. The molecule has 1 saturated carbocycles. The Morgan fingerprint density at radius 3 is 2.39 bits per heavy atom. The van der Waals surface area contributed by atoms with E-state index in [-0.39, 0.29) is 0 Å². The zero-order chi connectivity index (χ0) is 12.8. The number of rotatable bonds is 4. The van der Waals surface area contributed by atoms with Crippen LogP contribution >= 0.6 is 0 Å². The lowest BCUT2D eigenvalue weighted by Gasteiger charge is -2.25. The van der Waals surface area contributed by atoms with Crippen molar-refractivity contribution in [1.29, 1.82) is 5.26 Å². The Morgan fingerprint density at radius 2 is 1.78 bits per heavy atom. The molecule has 96 valence electrons. The van der Waals surface area contributed by atoms with Crippen LogP contribution < -0.4 is 5.73 Å². The first kappa shape index (κ1) is 13.1. The molecule has 18 heavy (non-hydrogen) atoms. The fraction of sp³-hybridized carbons (Fsp3) is 0.562. The van der Waals surface area contributed by atoms with Crippen LogP contribution in [0.25, 0.3) is 0 Å². The van der Waals surface area contributed by atoms with Crippen molar-refractivity contribution in [2.45, 2.75) is 51.0 Å². The largest absolute Gasteiger partial charge is 0.328 e. The van der Waals surface area contributed by atoms with Gasteiger partial charge in [0.15, 0.2) is 0 Å². The van der Waals surface area contributed by atoms with Crippen LogP contribution in [0.5, 0.6) is 0 Å². The van der Waals surface area contributed by atoms with Crippen LogP contribution in [0.15, 0.2) is 24.3 Å². The Morgan fingerprint density at radius 1 is 1.11 bits per heavy atom. The Hall–Kier alpha value is -1.33. The van der Waals surface area contributed by atoms with Crippen LogP contribution in [0, 0.1) is 17.2 Å². The summed E-state index contributed by atoms with van der Waals surface area (Å²) in [6.07, 6.45) is 8.76. The quantitative estimate of drug-likeness (QED) is 0.879. The van der Waals surface area contributed by atoms with E-state index in [9.17, 15) is 0 Å². The molecule has 0 atom stereocenters. The number of hydrogen-bond acceptors (Lipinski definition) is 2. The number of aryl methyl sites for hydroxylation is 1. The first-order chi connectivity index (χ1) is 8.78. The number of nitrogens with zero attached hydrogens (tertiary/aromatic N) is 1. The van der Waals surface area contributed by atoms with Gasteiger partial charge in [0.2, 0.25) is 0 Å². The molecule has 0 bridgehead atoms. The third-order valence-corrected chi connectivity index (χ3v) is 4.05. The number of nitrogens with two attached hydrogens (primary N) is 1. The summed E-state index contributed by atoms with van der Waals surface area (Å²) in [6.45, 7) is 0. The van der Waals surface area contributed by atoms with Crippen LogP contribution in [0.2, 0.25) is 0 Å². The molecule has 2 rings (SSSR count). The average Bonchev–Trinajstić information content (AvgIpc) is 2.42. The van der Waals surface area contributed by atoms with E-state index in [1.807, 2.05) is 12.1 Å². The van der Waals surface area contributed by atoms with Gasteiger partial charge in [0.25, 0.3) is 0 Å². The lowest BCUT2D eigenvalue weighted by atomic mass is 9.83. The number of hydrogen-bond donors (Lipinski definition) is 1. The summed E-state index contributed by atoms with van der Waals surface area (Å²) in [5.74, 6) is 0.892. The van der Waals surface area contributed by atoms with Crippen LogP contribution in [-0.4, -0.2) is 6.04 Å². The summed E-state index contributed by atoms with van der Waals surface area (Å²) in [4.78, 5) is 0. The summed E-state index contributed by atoms with van der Waals surface area (Å²) in [5, 5.41) is 8.74. The molecule has 2 N–H and O–H groups in total. The maximum Gasteiger partial charge on any atom is 0.0991 e. The van der Waals surface area contributed by atoms with Crippen LogP contribution in [0.1, 0.15) is 49.7 Å². The summed E-state index contributed by atoms with van der Waals surface area (Å²) in [7, 11) is 0. The van der Waals surface area contributed by atoms with Crippen molar-refractivity contribution in [3.05, 3.63) is 35.4 Å². The Balaban J connectivity index is 1.70. The van der Waals surface area contributed by atoms with Crippen molar-refractivity contribution in [1.82, 2.24) is 0 Å². The second kappa shape index (κ2) is 6.56. The predicted molar refractivity (Wildman–Crippen MR) is 74.0 cm³/mol. The Labute approximate surface area is 110 Å². The maximum absolute atomic E-state index is 8.74. The topological polar surface area (TPSA) is 49.8 Å². The molecule has 1 aromatic carbocycles. The second-order valence-electron chi connectivity index (χ2n) is 5.48. The van der Waals surface area contributed by atoms with E-state index in [1.54, 1.807) is 0 Å². The van der Waals surface area contributed by atoms with Gasteiger partial charge in [0, 0.05) is 6.04 Å². The number of benzene rings is 1. The molecule has 0 heterocycles. The molecule has 0 aromatic heterocycles. The zero-order valence-electron chi connectivity index (χ0n) is 10.9. The number of nitriles is 1. The SMILES string of the molecule is N#Cc1ccc(CCCC2CCC(N)CC2)cc1. The van der Waals surface area contributed by atoms with Gasteiger partial charge in [-0.1, -0.05) is 18.6 Å². The van der Waals surface area contributed by atoms with E-state index < -0.39 is 0 Å². The molecule has 2 heteroatoms. The fourth-order valence-corrected chi connectivity index (χ4v) is 2.82. The monoisotopic (exact) mass is 242 g/mol. The molecule has 1 aliphatic carbocycles. The summed E-state index contributed by atoms with van der Waals surface area (Å²) >= 11 is 0. The van der Waals surface area contributed by atoms with Crippen molar-refractivity contribution in [3.8, 4) is 6.07 Å². The van der Waals surface area contributed by atoms with Crippen molar-refractivity contribution < 1.29 is 0 Å². The van der Waals surface area contributed by atoms with E-state index in [2.05, 4.69) is 18.2 Å². The molecule has 1 aromatic rings. The van der Waals surface area contributed by atoms with Crippen LogP contribution in [0.4, 0.5) is 0 Å². The standard InChI is InChI=1S/C16H22N2/c17-12-15-6-4-13(5-7-15)2-1-3-14-8-10-16(18)11-9-14/h4-7,14,16H,1-3,8-11,18H2. The molecule has 0 unspecified atom stereocenters. The Bertz CT molecular complexity index is 394. The highest BCUT2D eigenvalue weighted by Crippen LogP contribution is 2.27. The molecule has 2 nitrogen and oxygen atoms in total. The lowest BCUT2D eigenvalue weighted by Crippen LogP contribution is -2.26. The Kier molecular flexibility index (Phi) is 4.78. The van der Waals surface area contributed by atoms with Crippen molar-refractivity contribution in [2.24, 2.45) is 11.7 Å². The molecule has 1 fully saturated rings. The smallest absolute Gasteiger partial charge is 0.0991 e. The van der Waals surface area contributed by atoms with E-state index in [1.165, 1.54) is 44.1 Å². The van der Waals surface area contributed by atoms with Crippen molar-refractivity contribution in [3.63, 3.8) is 0 Å². The van der Waals surface area contributed by atoms with Gasteiger partial charge < -0.3 is 5.73 Å². The maximum atomic E-state index is 8.74. The van der Waals surface area contributed by atoms with E-state index in [4.69, 9.17) is 11.0 Å². The van der Waals surface area contributed by atoms with E-state index in [0.717, 1.165) is 17.9 Å². The van der Waals surface area contributed by atoms with Gasteiger partial charge >= 0.3 is 0 Å². The minimum atomic E-state index is 0.458. The van der Waals surface area contributed by atoms with Gasteiger partial charge in [-0.15, -0.1) is 0 Å². The van der Waals surface area contributed by atoms with Gasteiger partial charge in [0.1, 0.15) is 0 Å². The molecule has 0 amide bonds. The first-order valence-electron chi connectivity index (χ1n) is 7.02. The highest BCUT2D eigenvalue weighted by molar-refractivity contribution is 5.31. The third-order valence-electron chi connectivity index (χ3n) is 4.05. The van der Waals surface area contributed by atoms with Gasteiger partial charge in [-0.3, -0.25) is 0 Å². The molecule has 1 aliphatic rings. The normalized spacial score (nSPS) is 23.6. The van der Waals surface area contributed by atoms with Crippen molar-refractivity contribution in [2.75, 3.05) is 0 Å². The molecular weight excluding hydrogens is 220 g/mol. The zero-order valence-corrected chi connectivity index (χ0v) is 10.9. The van der Waals surface area contributed by atoms with E-state index >= 15 is 0 Å². The predicted octanol–water partition coefficient (Wildman–Crippen LogP) is 3.40. The fourth-order valence-electron chi connectivity index (χ4n) is 2.82. The summed E-state index contributed by atoms with van der Waals surface area (Å²) in [6, 6.07) is 10.6. The minimum absolute atomic E-state index is 0.458. The average molecular weight is 242 g/mol. The van der Waals surface area contributed by atoms with Crippen LogP contribution in [-0.2, 0) is 6.42 Å². The van der Waals surface area contributed by atoms with Gasteiger partial charge in [-0.05, 0) is 62.1 Å². The molecular formula is C16H22N2. The minimum Gasteiger partial charge on any atom is -0.328 e. The van der Waals surface area contributed by atoms with Gasteiger partial charge in [-0.2, -0.15) is 5.26 Å². The van der Waals surface area contributed by atoms with E-state index in [0.29, 0.717) is 6.04 Å². The van der Waals surface area contributed by atoms with Crippen molar-refractivity contribution >= 4 is 0 Å². The van der Waals surface area contributed by atoms with Crippen LogP contribution in [0.3, 0.4) is 0 Å². The first-order valence-corrected chi connectivity index (χ1v) is 7.02. The second-order valence-corrected chi connectivity index (χ2v) is 5.48. The molecule has 0 aliphatic heterocycles. The third kappa shape index (κ3) is 3.85. The van der Waals surface area contributed by atoms with Gasteiger partial charge in [0.05, 0.1) is 11.6 Å². The lowest BCUT2D eigenvalue weighted by molar-refractivity contribution is 0.305. The summed E-state index contributed by atoms with van der Waals surface area (Å²) in [5.41, 5.74) is 8.02. The highest BCUT2D eigenvalue weighted by atomic mass is 14.6. The molecule has 0 radical (unpaired) electrons. The molecule has 0 saturated heterocycles.